The summed E-state index contributed by atoms with van der Waals surface area (Å²) < 4.78 is 12.7. The second kappa shape index (κ2) is 8.26. The van der Waals surface area contributed by atoms with Gasteiger partial charge in [0.1, 0.15) is 11.2 Å². The van der Waals surface area contributed by atoms with Crippen LogP contribution < -0.4 is 15.0 Å². The molecular weight excluding hydrogens is 392 g/mol. The van der Waals surface area contributed by atoms with Crippen LogP contribution in [0.25, 0.3) is 11.0 Å². The molecule has 0 fully saturated rings. The fourth-order valence-corrected chi connectivity index (χ4v) is 4.00. The zero-order valence-electron chi connectivity index (χ0n) is 17.4. The standard InChI is InChI=1S/C24H24N4O3/c1-16(6-5-9-17-7-3-2-4-8-17)28-23-19(14-25-28)24(29)27-22(26-23)13-18-10-11-20-21(12-18)31-15-30-20/h2-4,7-8,10-12,14,16H,5-6,9,13,15H2,1H3,(H,26,27,29). The van der Waals surface area contributed by atoms with Crippen LogP contribution in [-0.4, -0.2) is 26.5 Å². The quantitative estimate of drug-likeness (QED) is 0.492. The highest BCUT2D eigenvalue weighted by Crippen LogP contribution is 2.33. The first-order valence-electron chi connectivity index (χ1n) is 10.6. The van der Waals surface area contributed by atoms with Gasteiger partial charge in [-0.2, -0.15) is 5.10 Å². The molecule has 0 spiro atoms. The van der Waals surface area contributed by atoms with E-state index in [4.69, 9.17) is 14.5 Å². The average Bonchev–Trinajstić information content (AvgIpc) is 3.41. The van der Waals surface area contributed by atoms with Crippen molar-refractivity contribution in [3.63, 3.8) is 0 Å². The van der Waals surface area contributed by atoms with E-state index in [2.05, 4.69) is 41.3 Å². The number of ether oxygens (including phenoxy) is 2. The summed E-state index contributed by atoms with van der Waals surface area (Å²) in [6, 6.07) is 16.4. The van der Waals surface area contributed by atoms with E-state index in [0.29, 0.717) is 23.3 Å². The summed E-state index contributed by atoms with van der Waals surface area (Å²) in [7, 11) is 0. The van der Waals surface area contributed by atoms with Gasteiger partial charge in [0.05, 0.1) is 12.2 Å². The van der Waals surface area contributed by atoms with Crippen molar-refractivity contribution in [2.45, 2.75) is 38.6 Å². The summed E-state index contributed by atoms with van der Waals surface area (Å²) in [5, 5.41) is 4.99. The largest absolute Gasteiger partial charge is 0.454 e. The van der Waals surface area contributed by atoms with Crippen LogP contribution in [0.5, 0.6) is 11.5 Å². The van der Waals surface area contributed by atoms with Crippen molar-refractivity contribution >= 4 is 11.0 Å². The van der Waals surface area contributed by atoms with Crippen LogP contribution in [0.1, 0.15) is 42.8 Å². The lowest BCUT2D eigenvalue weighted by Gasteiger charge is -2.13. The van der Waals surface area contributed by atoms with Gasteiger partial charge >= 0.3 is 0 Å². The first-order valence-corrected chi connectivity index (χ1v) is 10.6. The Balaban J connectivity index is 1.35. The van der Waals surface area contributed by atoms with E-state index in [9.17, 15) is 4.79 Å². The molecule has 7 heteroatoms. The molecule has 4 aromatic rings. The van der Waals surface area contributed by atoms with Crippen LogP contribution in [0, 0.1) is 0 Å². The molecular formula is C24H24N4O3. The Labute approximate surface area is 179 Å². The van der Waals surface area contributed by atoms with Crippen molar-refractivity contribution in [2.75, 3.05) is 6.79 Å². The molecule has 3 heterocycles. The maximum atomic E-state index is 12.6. The molecule has 0 amide bonds. The van der Waals surface area contributed by atoms with Crippen LogP contribution in [0.3, 0.4) is 0 Å². The number of aromatic amines is 1. The minimum Gasteiger partial charge on any atom is -0.454 e. The number of hydrogen-bond donors (Lipinski definition) is 1. The number of nitrogens with zero attached hydrogens (tertiary/aromatic N) is 3. The molecule has 0 saturated heterocycles. The first kappa shape index (κ1) is 19.4. The number of fused-ring (bicyclic) bond motifs is 2. The van der Waals surface area contributed by atoms with E-state index in [1.165, 1.54) is 5.56 Å². The van der Waals surface area contributed by atoms with E-state index in [-0.39, 0.29) is 18.4 Å². The summed E-state index contributed by atoms with van der Waals surface area (Å²) in [5.41, 5.74) is 2.80. The van der Waals surface area contributed by atoms with Crippen molar-refractivity contribution in [2.24, 2.45) is 0 Å². The molecule has 1 N–H and O–H groups in total. The van der Waals surface area contributed by atoms with Crippen LogP contribution in [0.2, 0.25) is 0 Å². The van der Waals surface area contributed by atoms with Gasteiger partial charge in [-0.1, -0.05) is 36.4 Å². The van der Waals surface area contributed by atoms with Gasteiger partial charge in [0.25, 0.3) is 5.56 Å². The molecule has 2 aromatic carbocycles. The highest BCUT2D eigenvalue weighted by atomic mass is 16.7. The first-order chi connectivity index (χ1) is 15.2. The fraction of sp³-hybridized carbons (Fsp3) is 0.292. The predicted octanol–water partition coefficient (Wildman–Crippen LogP) is 4.02. The summed E-state index contributed by atoms with van der Waals surface area (Å²) in [6.45, 7) is 2.36. The number of H-pyrrole nitrogens is 1. The minimum absolute atomic E-state index is 0.147. The monoisotopic (exact) mass is 416 g/mol. The van der Waals surface area contributed by atoms with Crippen molar-refractivity contribution in [3.05, 3.63) is 82.0 Å². The molecule has 31 heavy (non-hydrogen) atoms. The van der Waals surface area contributed by atoms with E-state index in [0.717, 1.165) is 36.3 Å². The number of aromatic nitrogens is 4. The van der Waals surface area contributed by atoms with Gasteiger partial charge in [0.2, 0.25) is 6.79 Å². The topological polar surface area (TPSA) is 82.0 Å². The summed E-state index contributed by atoms with van der Waals surface area (Å²) in [6.07, 6.45) is 5.12. The van der Waals surface area contributed by atoms with E-state index in [1.54, 1.807) is 6.20 Å². The van der Waals surface area contributed by atoms with Crippen molar-refractivity contribution < 1.29 is 9.47 Å². The summed E-state index contributed by atoms with van der Waals surface area (Å²) in [5.74, 6) is 2.07. The summed E-state index contributed by atoms with van der Waals surface area (Å²) in [4.78, 5) is 20.3. The molecule has 158 valence electrons. The zero-order valence-corrected chi connectivity index (χ0v) is 17.4. The van der Waals surface area contributed by atoms with Gasteiger partial charge in [0.15, 0.2) is 17.1 Å². The molecule has 1 aliphatic heterocycles. The molecule has 0 saturated carbocycles. The Morgan fingerprint density at radius 2 is 1.94 bits per heavy atom. The van der Waals surface area contributed by atoms with E-state index >= 15 is 0 Å². The Morgan fingerprint density at radius 1 is 1.10 bits per heavy atom. The van der Waals surface area contributed by atoms with Gasteiger partial charge in [0, 0.05) is 6.42 Å². The van der Waals surface area contributed by atoms with Gasteiger partial charge in [-0.25, -0.2) is 9.67 Å². The maximum absolute atomic E-state index is 12.6. The fourth-order valence-electron chi connectivity index (χ4n) is 4.00. The van der Waals surface area contributed by atoms with Gasteiger partial charge < -0.3 is 14.5 Å². The number of nitrogens with one attached hydrogen (secondary N) is 1. The Kier molecular flexibility index (Phi) is 5.16. The smallest absolute Gasteiger partial charge is 0.262 e. The zero-order chi connectivity index (χ0) is 21.2. The number of rotatable bonds is 7. The Bertz CT molecular complexity index is 1260. The third-order valence-corrected chi connectivity index (χ3v) is 5.67. The molecule has 0 bridgehead atoms. The third-order valence-electron chi connectivity index (χ3n) is 5.67. The van der Waals surface area contributed by atoms with Crippen LogP contribution in [0.4, 0.5) is 0 Å². The second-order valence-electron chi connectivity index (χ2n) is 7.93. The molecule has 5 rings (SSSR count). The van der Waals surface area contributed by atoms with Crippen LogP contribution >= 0.6 is 0 Å². The highest BCUT2D eigenvalue weighted by molar-refractivity contribution is 5.73. The maximum Gasteiger partial charge on any atom is 0.262 e. The van der Waals surface area contributed by atoms with E-state index < -0.39 is 0 Å². The Morgan fingerprint density at radius 3 is 2.81 bits per heavy atom. The summed E-state index contributed by atoms with van der Waals surface area (Å²) >= 11 is 0. The lowest BCUT2D eigenvalue weighted by molar-refractivity contribution is 0.174. The average molecular weight is 416 g/mol. The predicted molar refractivity (Wildman–Crippen MR) is 118 cm³/mol. The highest BCUT2D eigenvalue weighted by Gasteiger charge is 2.17. The van der Waals surface area contributed by atoms with Gasteiger partial charge in [-0.05, 0) is 49.4 Å². The molecule has 7 nitrogen and oxygen atoms in total. The number of hydrogen-bond acceptors (Lipinski definition) is 5. The molecule has 0 radical (unpaired) electrons. The lowest BCUT2D eigenvalue weighted by atomic mass is 10.1. The number of aryl methyl sites for hydroxylation is 1. The SMILES string of the molecule is CC(CCCc1ccccc1)n1ncc2c(=O)[nH]c(Cc3ccc4c(c3)OCO4)nc21. The second-order valence-corrected chi connectivity index (χ2v) is 7.93. The normalized spacial score (nSPS) is 13.6. The van der Waals surface area contributed by atoms with Crippen LogP contribution in [0.15, 0.2) is 59.5 Å². The lowest BCUT2D eigenvalue weighted by Crippen LogP contribution is -2.14. The van der Waals surface area contributed by atoms with Gasteiger partial charge in [-0.3, -0.25) is 4.79 Å². The van der Waals surface area contributed by atoms with E-state index in [1.807, 2.05) is 28.9 Å². The minimum atomic E-state index is -0.163. The van der Waals surface area contributed by atoms with Crippen molar-refractivity contribution in [3.8, 4) is 11.5 Å². The molecule has 1 aliphatic rings. The molecule has 1 unspecified atom stereocenters. The Hall–Kier alpha value is -3.61. The van der Waals surface area contributed by atoms with Gasteiger partial charge in [-0.15, -0.1) is 0 Å². The van der Waals surface area contributed by atoms with Crippen molar-refractivity contribution in [1.29, 1.82) is 0 Å². The van der Waals surface area contributed by atoms with Crippen LogP contribution in [-0.2, 0) is 12.8 Å². The number of benzene rings is 2. The van der Waals surface area contributed by atoms with Crippen molar-refractivity contribution in [1.82, 2.24) is 19.7 Å². The molecule has 2 aromatic heterocycles. The third kappa shape index (κ3) is 4.03. The molecule has 0 aliphatic carbocycles. The molecule has 1 atom stereocenters.